The second-order valence-corrected chi connectivity index (χ2v) is 4.50. The van der Waals surface area contributed by atoms with E-state index in [2.05, 4.69) is 42.8 Å². The number of nitrogens with one attached hydrogen (secondary N) is 1. The summed E-state index contributed by atoms with van der Waals surface area (Å²) in [6, 6.07) is 8.51. The van der Waals surface area contributed by atoms with Crippen LogP contribution in [-0.4, -0.2) is 19.3 Å². The Morgan fingerprint density at radius 1 is 1.33 bits per heavy atom. The molecule has 0 bridgehead atoms. The summed E-state index contributed by atoms with van der Waals surface area (Å²) in [6.45, 7) is 3.90. The van der Waals surface area contributed by atoms with E-state index < -0.39 is 0 Å². The standard InChI is InChI=1S/C12H20N2S/c1-3-10(8-13)9-14-11-4-6-12(15-2)7-5-11/h4-7,10,14H,3,8-9,13H2,1-2H3. The average molecular weight is 224 g/mol. The maximum atomic E-state index is 5.65. The van der Waals surface area contributed by atoms with E-state index in [1.54, 1.807) is 11.8 Å². The molecule has 1 aromatic carbocycles. The van der Waals surface area contributed by atoms with Gasteiger partial charge in [0.1, 0.15) is 0 Å². The third kappa shape index (κ3) is 4.14. The molecule has 0 fully saturated rings. The number of hydrogen-bond donors (Lipinski definition) is 2. The third-order valence-electron chi connectivity index (χ3n) is 2.60. The summed E-state index contributed by atoms with van der Waals surface area (Å²) in [5.41, 5.74) is 6.83. The number of anilines is 1. The molecule has 2 nitrogen and oxygen atoms in total. The number of thioether (sulfide) groups is 1. The molecule has 0 aliphatic heterocycles. The molecular weight excluding hydrogens is 204 g/mol. The van der Waals surface area contributed by atoms with Gasteiger partial charge in [-0.15, -0.1) is 11.8 Å². The van der Waals surface area contributed by atoms with Gasteiger partial charge in [0.05, 0.1) is 0 Å². The molecule has 0 saturated carbocycles. The molecule has 3 N–H and O–H groups in total. The topological polar surface area (TPSA) is 38.0 Å². The quantitative estimate of drug-likeness (QED) is 0.730. The van der Waals surface area contributed by atoms with Gasteiger partial charge in [-0.2, -0.15) is 0 Å². The van der Waals surface area contributed by atoms with Crippen LogP contribution < -0.4 is 11.1 Å². The third-order valence-corrected chi connectivity index (χ3v) is 3.34. The molecule has 0 aromatic heterocycles. The van der Waals surface area contributed by atoms with Gasteiger partial charge in [-0.1, -0.05) is 13.3 Å². The molecule has 3 heteroatoms. The first-order valence-corrected chi connectivity index (χ1v) is 6.60. The van der Waals surface area contributed by atoms with Crippen LogP contribution in [-0.2, 0) is 0 Å². The Hall–Kier alpha value is -0.670. The summed E-state index contributed by atoms with van der Waals surface area (Å²) in [5.74, 6) is 0.574. The van der Waals surface area contributed by atoms with Crippen LogP contribution in [0.15, 0.2) is 29.2 Å². The Kier molecular flexibility index (Phi) is 5.58. The molecule has 0 spiro atoms. The number of rotatable bonds is 6. The van der Waals surface area contributed by atoms with Crippen LogP contribution in [0.5, 0.6) is 0 Å². The van der Waals surface area contributed by atoms with E-state index in [1.165, 1.54) is 10.6 Å². The summed E-state index contributed by atoms with van der Waals surface area (Å²) >= 11 is 1.76. The lowest BCUT2D eigenvalue weighted by Crippen LogP contribution is -2.21. The van der Waals surface area contributed by atoms with Crippen LogP contribution in [0.4, 0.5) is 5.69 Å². The van der Waals surface area contributed by atoms with Gasteiger partial charge in [-0.05, 0) is 43.0 Å². The van der Waals surface area contributed by atoms with E-state index in [0.717, 1.165) is 19.5 Å². The van der Waals surface area contributed by atoms with Gasteiger partial charge in [0, 0.05) is 17.1 Å². The smallest absolute Gasteiger partial charge is 0.0341 e. The Labute approximate surface area is 96.6 Å². The molecule has 0 amide bonds. The van der Waals surface area contributed by atoms with Crippen molar-refractivity contribution in [2.24, 2.45) is 11.7 Å². The molecule has 1 aromatic rings. The highest BCUT2D eigenvalue weighted by Crippen LogP contribution is 2.17. The van der Waals surface area contributed by atoms with Gasteiger partial charge < -0.3 is 11.1 Å². The number of benzene rings is 1. The first-order chi connectivity index (χ1) is 7.30. The highest BCUT2D eigenvalue weighted by Gasteiger charge is 2.02. The normalized spacial score (nSPS) is 12.5. The minimum atomic E-state index is 0.574. The summed E-state index contributed by atoms with van der Waals surface area (Å²) in [6.07, 6.45) is 3.22. The highest BCUT2D eigenvalue weighted by atomic mass is 32.2. The molecule has 15 heavy (non-hydrogen) atoms. The maximum absolute atomic E-state index is 5.65. The molecule has 1 unspecified atom stereocenters. The lowest BCUT2D eigenvalue weighted by atomic mass is 10.1. The largest absolute Gasteiger partial charge is 0.385 e. The van der Waals surface area contributed by atoms with E-state index in [0.29, 0.717) is 5.92 Å². The predicted molar refractivity (Wildman–Crippen MR) is 69.5 cm³/mol. The summed E-state index contributed by atoms with van der Waals surface area (Å²) in [5, 5.41) is 3.41. The van der Waals surface area contributed by atoms with Gasteiger partial charge >= 0.3 is 0 Å². The Balaban J connectivity index is 2.43. The van der Waals surface area contributed by atoms with E-state index in [1.807, 2.05) is 0 Å². The Morgan fingerprint density at radius 3 is 2.47 bits per heavy atom. The van der Waals surface area contributed by atoms with Gasteiger partial charge in [0.25, 0.3) is 0 Å². The van der Waals surface area contributed by atoms with Crippen molar-refractivity contribution in [3.05, 3.63) is 24.3 Å². The van der Waals surface area contributed by atoms with Crippen LogP contribution in [0.3, 0.4) is 0 Å². The van der Waals surface area contributed by atoms with Crippen LogP contribution in [0.2, 0.25) is 0 Å². The van der Waals surface area contributed by atoms with Crippen molar-refractivity contribution in [2.45, 2.75) is 18.2 Å². The minimum absolute atomic E-state index is 0.574. The zero-order valence-corrected chi connectivity index (χ0v) is 10.3. The molecule has 0 heterocycles. The van der Waals surface area contributed by atoms with Gasteiger partial charge in [0.15, 0.2) is 0 Å². The molecule has 1 atom stereocenters. The summed E-state index contributed by atoms with van der Waals surface area (Å²) in [4.78, 5) is 1.30. The maximum Gasteiger partial charge on any atom is 0.0341 e. The van der Waals surface area contributed by atoms with Crippen LogP contribution in [0, 0.1) is 5.92 Å². The van der Waals surface area contributed by atoms with Crippen LogP contribution >= 0.6 is 11.8 Å². The second kappa shape index (κ2) is 6.75. The van der Waals surface area contributed by atoms with E-state index >= 15 is 0 Å². The van der Waals surface area contributed by atoms with Crippen LogP contribution in [0.1, 0.15) is 13.3 Å². The zero-order chi connectivity index (χ0) is 11.1. The van der Waals surface area contributed by atoms with Crippen molar-refractivity contribution in [1.29, 1.82) is 0 Å². The molecule has 0 radical (unpaired) electrons. The van der Waals surface area contributed by atoms with Crippen LogP contribution in [0.25, 0.3) is 0 Å². The van der Waals surface area contributed by atoms with E-state index in [4.69, 9.17) is 5.73 Å². The Bertz CT molecular complexity index is 267. The average Bonchev–Trinajstić information content (AvgIpc) is 2.31. The number of nitrogens with two attached hydrogens (primary N) is 1. The van der Waals surface area contributed by atoms with E-state index in [-0.39, 0.29) is 0 Å². The molecule has 0 aliphatic rings. The number of hydrogen-bond acceptors (Lipinski definition) is 3. The van der Waals surface area contributed by atoms with Crippen molar-refractivity contribution in [2.75, 3.05) is 24.7 Å². The lowest BCUT2D eigenvalue weighted by molar-refractivity contribution is 0.548. The molecule has 84 valence electrons. The molecule has 0 aliphatic carbocycles. The molecular formula is C12H20N2S. The Morgan fingerprint density at radius 2 is 2.00 bits per heavy atom. The second-order valence-electron chi connectivity index (χ2n) is 3.62. The fourth-order valence-corrected chi connectivity index (χ4v) is 1.77. The zero-order valence-electron chi connectivity index (χ0n) is 9.49. The lowest BCUT2D eigenvalue weighted by Gasteiger charge is -2.14. The highest BCUT2D eigenvalue weighted by molar-refractivity contribution is 7.98. The summed E-state index contributed by atoms with van der Waals surface area (Å²) < 4.78 is 0. The monoisotopic (exact) mass is 224 g/mol. The fourth-order valence-electron chi connectivity index (χ4n) is 1.37. The first kappa shape index (κ1) is 12.4. The van der Waals surface area contributed by atoms with Crippen molar-refractivity contribution in [1.82, 2.24) is 0 Å². The molecule has 1 rings (SSSR count). The summed E-state index contributed by atoms with van der Waals surface area (Å²) in [7, 11) is 0. The fraction of sp³-hybridized carbons (Fsp3) is 0.500. The predicted octanol–water partition coefficient (Wildman–Crippen LogP) is 2.81. The van der Waals surface area contributed by atoms with Crippen molar-refractivity contribution in [3.63, 3.8) is 0 Å². The van der Waals surface area contributed by atoms with Crippen molar-refractivity contribution < 1.29 is 0 Å². The van der Waals surface area contributed by atoms with Crippen molar-refractivity contribution in [3.8, 4) is 0 Å². The van der Waals surface area contributed by atoms with Gasteiger partial charge in [0.2, 0.25) is 0 Å². The minimum Gasteiger partial charge on any atom is -0.385 e. The van der Waals surface area contributed by atoms with Gasteiger partial charge in [-0.25, -0.2) is 0 Å². The first-order valence-electron chi connectivity index (χ1n) is 5.38. The van der Waals surface area contributed by atoms with E-state index in [9.17, 15) is 0 Å². The van der Waals surface area contributed by atoms with Gasteiger partial charge in [-0.3, -0.25) is 0 Å². The van der Waals surface area contributed by atoms with Crippen molar-refractivity contribution >= 4 is 17.4 Å². The SMILES string of the molecule is CCC(CN)CNc1ccc(SC)cc1. The molecule has 0 saturated heterocycles.